The quantitative estimate of drug-likeness (QED) is 0.107. The zero-order chi connectivity index (χ0) is 52.9. The molecule has 2 unspecified atom stereocenters. The SMILES string of the molecule is CCCC(=O)N[C@@H](C)C(=O)N[C@H](C(=O)N[C@@H]1C(=O)N[C@@H](CC(C)C)C(=O)NC2CC[C@@H](O)N(C2=O)[C@@H](Cc2ccccc2)C(=O)N(C)C(Cc2ccc(O)cc2)C(=O)N[C@@H](C(C)C)C(=O)O[C@@H]1C)[C@H](C)O. The van der Waals surface area contributed by atoms with Gasteiger partial charge in [0.15, 0.2) is 0 Å². The number of likely N-dealkylation sites (N-methyl/N-ethyl adjacent to an activating group) is 1. The second-order valence-corrected chi connectivity index (χ2v) is 19.2. The number of esters is 1. The van der Waals surface area contributed by atoms with E-state index >= 15 is 4.79 Å². The van der Waals surface area contributed by atoms with E-state index in [1.807, 2.05) is 0 Å². The molecule has 0 spiro atoms. The fraction of sp³-hybridized carbons (Fsp3) is 0.580. The summed E-state index contributed by atoms with van der Waals surface area (Å²) in [5, 5.41) is 47.7. The normalized spacial score (nSPS) is 25.3. The number of piperidine rings is 1. The molecule has 0 saturated carbocycles. The van der Waals surface area contributed by atoms with Crippen LogP contribution in [-0.4, -0.2) is 152 Å². The van der Waals surface area contributed by atoms with Crippen molar-refractivity contribution in [3.8, 4) is 5.75 Å². The second-order valence-electron chi connectivity index (χ2n) is 19.2. The van der Waals surface area contributed by atoms with Crippen LogP contribution < -0.4 is 31.9 Å². The summed E-state index contributed by atoms with van der Waals surface area (Å²) in [6.07, 6.45) is -4.43. The number of aliphatic hydroxyl groups is 2. The Morgan fingerprint density at radius 3 is 1.99 bits per heavy atom. The number of ether oxygens (including phenoxy) is 1. The molecule has 2 saturated heterocycles. The maximum Gasteiger partial charge on any atom is 0.329 e. The third-order valence-electron chi connectivity index (χ3n) is 12.5. The van der Waals surface area contributed by atoms with E-state index in [-0.39, 0.29) is 50.2 Å². The summed E-state index contributed by atoms with van der Waals surface area (Å²) < 4.78 is 5.86. The summed E-state index contributed by atoms with van der Waals surface area (Å²) in [4.78, 5) is 129. The zero-order valence-electron chi connectivity index (χ0n) is 42.0. The first-order valence-electron chi connectivity index (χ1n) is 24.2. The fourth-order valence-electron chi connectivity index (χ4n) is 8.43. The molecule has 2 aromatic rings. The average Bonchev–Trinajstić information content (AvgIpc) is 3.30. The first-order chi connectivity index (χ1) is 33.4. The van der Waals surface area contributed by atoms with Crippen molar-refractivity contribution in [1.29, 1.82) is 0 Å². The van der Waals surface area contributed by atoms with Gasteiger partial charge in [-0.1, -0.05) is 77.1 Å². The third-order valence-corrected chi connectivity index (χ3v) is 12.5. The molecule has 0 aliphatic carbocycles. The summed E-state index contributed by atoms with van der Waals surface area (Å²) >= 11 is 0. The molecule has 2 bridgehead atoms. The van der Waals surface area contributed by atoms with Crippen LogP contribution in [0.1, 0.15) is 98.6 Å². The Labute approximate surface area is 414 Å². The van der Waals surface area contributed by atoms with E-state index in [0.29, 0.717) is 17.5 Å². The maximum atomic E-state index is 15.0. The van der Waals surface area contributed by atoms with Gasteiger partial charge in [-0.05, 0) is 81.5 Å². The Morgan fingerprint density at radius 1 is 0.775 bits per heavy atom. The minimum Gasteiger partial charge on any atom is -0.508 e. The van der Waals surface area contributed by atoms with Gasteiger partial charge >= 0.3 is 5.97 Å². The number of aromatic hydroxyl groups is 1. The minimum atomic E-state index is -1.83. The van der Waals surface area contributed by atoms with Crippen LogP contribution in [0.2, 0.25) is 0 Å². The van der Waals surface area contributed by atoms with Gasteiger partial charge < -0.3 is 61.8 Å². The summed E-state index contributed by atoms with van der Waals surface area (Å²) in [5.74, 6) is -8.71. The van der Waals surface area contributed by atoms with Crippen LogP contribution >= 0.6 is 0 Å². The highest BCUT2D eigenvalue weighted by Gasteiger charge is 2.46. The van der Waals surface area contributed by atoms with Crippen LogP contribution in [-0.2, 0) is 60.7 Å². The van der Waals surface area contributed by atoms with Crippen LogP contribution in [0.5, 0.6) is 5.75 Å². The van der Waals surface area contributed by atoms with Gasteiger partial charge in [-0.15, -0.1) is 0 Å². The van der Waals surface area contributed by atoms with E-state index in [1.54, 1.807) is 77.1 Å². The molecular formula is C50H72N8O13. The minimum absolute atomic E-state index is 0.00254. The zero-order valence-corrected chi connectivity index (χ0v) is 42.0. The van der Waals surface area contributed by atoms with Crippen molar-refractivity contribution in [3.63, 3.8) is 0 Å². The van der Waals surface area contributed by atoms with Crippen molar-refractivity contribution in [2.45, 2.75) is 167 Å². The number of hydrogen-bond acceptors (Lipinski definition) is 13. The van der Waals surface area contributed by atoms with Gasteiger partial charge in [-0.3, -0.25) is 38.4 Å². The highest BCUT2D eigenvalue weighted by molar-refractivity contribution is 5.99. The lowest BCUT2D eigenvalue weighted by Crippen LogP contribution is -2.65. The lowest BCUT2D eigenvalue weighted by molar-refractivity contribution is -0.165. The molecule has 21 heteroatoms. The molecule has 2 aliphatic rings. The summed E-state index contributed by atoms with van der Waals surface area (Å²) in [6, 6.07) is 2.94. The molecule has 2 aliphatic heterocycles. The van der Waals surface area contributed by atoms with Crippen molar-refractivity contribution in [3.05, 3.63) is 65.7 Å². The number of phenols is 1. The van der Waals surface area contributed by atoms with E-state index < -0.39 is 126 Å². The number of nitrogens with zero attached hydrogens (tertiary/aromatic N) is 2. The summed E-state index contributed by atoms with van der Waals surface area (Å²) in [7, 11) is 1.35. The molecule has 9 N–H and O–H groups in total. The molecule has 21 nitrogen and oxygen atoms in total. The third kappa shape index (κ3) is 15.7. The Balaban J connectivity index is 1.85. The van der Waals surface area contributed by atoms with Crippen molar-refractivity contribution in [2.24, 2.45) is 11.8 Å². The topological polar surface area (TPSA) is 302 Å². The first-order valence-corrected chi connectivity index (χ1v) is 24.2. The Kier molecular flexibility index (Phi) is 20.9. The monoisotopic (exact) mass is 993 g/mol. The predicted molar refractivity (Wildman–Crippen MR) is 258 cm³/mol. The number of aliphatic hydroxyl groups excluding tert-OH is 2. The number of fused-ring (bicyclic) bond motifs is 2. The molecule has 0 aromatic heterocycles. The Bertz CT molecular complexity index is 2210. The number of phenolic OH excluding ortho intramolecular Hbond substituents is 1. The molecule has 2 fully saturated rings. The number of nitrogens with one attached hydrogen (secondary N) is 6. The Morgan fingerprint density at radius 2 is 1.39 bits per heavy atom. The lowest BCUT2D eigenvalue weighted by Gasteiger charge is -2.43. The van der Waals surface area contributed by atoms with Crippen LogP contribution in [0.4, 0.5) is 0 Å². The number of hydrogen-bond donors (Lipinski definition) is 9. The molecule has 11 atom stereocenters. The lowest BCUT2D eigenvalue weighted by atomic mass is 9.95. The van der Waals surface area contributed by atoms with Crippen LogP contribution in [0, 0.1) is 11.8 Å². The summed E-state index contributed by atoms with van der Waals surface area (Å²) in [5.41, 5.74) is 1.10. The molecule has 71 heavy (non-hydrogen) atoms. The van der Waals surface area contributed by atoms with E-state index in [4.69, 9.17) is 4.74 Å². The molecule has 2 heterocycles. The van der Waals surface area contributed by atoms with Crippen molar-refractivity contribution >= 4 is 53.2 Å². The van der Waals surface area contributed by atoms with Crippen molar-refractivity contribution < 1.29 is 63.2 Å². The van der Waals surface area contributed by atoms with E-state index in [1.165, 1.54) is 40.0 Å². The van der Waals surface area contributed by atoms with Gasteiger partial charge in [-0.25, -0.2) is 4.79 Å². The number of amides is 8. The van der Waals surface area contributed by atoms with Crippen molar-refractivity contribution in [2.75, 3.05) is 7.05 Å². The second kappa shape index (κ2) is 26.0. The molecule has 390 valence electrons. The molecule has 4 rings (SSSR count). The predicted octanol–water partition coefficient (Wildman–Crippen LogP) is 0.0708. The van der Waals surface area contributed by atoms with Gasteiger partial charge in [-0.2, -0.15) is 0 Å². The maximum absolute atomic E-state index is 15.0. The van der Waals surface area contributed by atoms with Gasteiger partial charge in [0.05, 0.1) is 6.10 Å². The van der Waals surface area contributed by atoms with Crippen molar-refractivity contribution in [1.82, 2.24) is 41.7 Å². The number of carbonyl (C=O) groups excluding carboxylic acids is 9. The highest BCUT2D eigenvalue weighted by Crippen LogP contribution is 2.26. The van der Waals surface area contributed by atoms with Crippen LogP contribution in [0.3, 0.4) is 0 Å². The smallest absolute Gasteiger partial charge is 0.329 e. The standard InChI is InChI=1S/C50H72N8O13/c1-10-14-38(61)51-28(6)43(63)55-41(29(7)59)46(66)56-42-30(8)71-50(70)40(27(4)5)54-45(65)36(24-32-17-19-33(60)20-18-32)57(9)49(69)37(25-31-15-12-11-13-16-31)58-39(62)22-21-34(48(58)68)52-44(64)35(23-26(2)3)53-47(42)67/h11-13,15-20,26-30,34-37,39-42,59-60,62H,10,14,21-25H2,1-9H3,(H,51,61)(H,52,64)(H,53,67)(H,54,65)(H,55,63)(H,56,66)/t28-,29-,30+,34?,35-,36?,37-,39+,40-,41-,42-/m0/s1. The first kappa shape index (κ1) is 57.0. The van der Waals surface area contributed by atoms with Gasteiger partial charge in [0.1, 0.15) is 66.4 Å². The molecule has 0 radical (unpaired) electrons. The molecular weight excluding hydrogens is 921 g/mol. The number of carbonyl (C=O) groups is 9. The highest BCUT2D eigenvalue weighted by atomic mass is 16.5. The fourth-order valence-corrected chi connectivity index (χ4v) is 8.43. The van der Waals surface area contributed by atoms with Crippen LogP contribution in [0.25, 0.3) is 0 Å². The average molecular weight is 993 g/mol. The van der Waals surface area contributed by atoms with Gasteiger partial charge in [0, 0.05) is 26.3 Å². The molecule has 8 amide bonds. The van der Waals surface area contributed by atoms with E-state index in [0.717, 1.165) is 9.80 Å². The van der Waals surface area contributed by atoms with E-state index in [2.05, 4.69) is 31.9 Å². The Hall–Kier alpha value is -6.61. The van der Waals surface area contributed by atoms with E-state index in [9.17, 15) is 53.7 Å². The van der Waals surface area contributed by atoms with Gasteiger partial charge in [0.25, 0.3) is 0 Å². The number of benzene rings is 2. The number of rotatable bonds is 15. The summed E-state index contributed by atoms with van der Waals surface area (Å²) in [6.45, 7) is 12.4. The number of cyclic esters (lactones) is 1. The van der Waals surface area contributed by atoms with Crippen LogP contribution in [0.15, 0.2) is 54.6 Å². The molecule has 2 aromatic carbocycles. The largest absolute Gasteiger partial charge is 0.508 e. The van der Waals surface area contributed by atoms with Gasteiger partial charge in [0.2, 0.25) is 47.3 Å².